The summed E-state index contributed by atoms with van der Waals surface area (Å²) in [4.78, 5) is 0. The van der Waals surface area contributed by atoms with Crippen LogP contribution in [0.4, 0.5) is 0 Å². The van der Waals surface area contributed by atoms with Crippen molar-refractivity contribution in [2.45, 2.75) is 31.9 Å². The van der Waals surface area contributed by atoms with E-state index in [9.17, 15) is 10.2 Å². The summed E-state index contributed by atoms with van der Waals surface area (Å²) in [5.41, 5.74) is 0.547. The molecular formula is C13H19NO3. The van der Waals surface area contributed by atoms with E-state index in [1.54, 1.807) is 18.2 Å². The molecule has 1 fully saturated rings. The van der Waals surface area contributed by atoms with Gasteiger partial charge in [-0.3, -0.25) is 0 Å². The second-order valence-electron chi connectivity index (χ2n) is 4.47. The third kappa shape index (κ3) is 2.90. The summed E-state index contributed by atoms with van der Waals surface area (Å²) in [5.74, 6) is 0.245. The van der Waals surface area contributed by atoms with Crippen molar-refractivity contribution in [2.75, 3.05) is 13.2 Å². The monoisotopic (exact) mass is 237 g/mol. The van der Waals surface area contributed by atoms with Gasteiger partial charge in [0.1, 0.15) is 11.5 Å². The van der Waals surface area contributed by atoms with Gasteiger partial charge >= 0.3 is 0 Å². The number of benzene rings is 1. The van der Waals surface area contributed by atoms with Crippen LogP contribution in [-0.4, -0.2) is 29.5 Å². The normalized spacial score (nSPS) is 21.6. The molecule has 0 aromatic heterocycles. The van der Waals surface area contributed by atoms with Crippen LogP contribution in [0.15, 0.2) is 18.2 Å². The molecule has 0 bridgehead atoms. The number of ether oxygens (including phenoxy) is 1. The highest BCUT2D eigenvalue weighted by Crippen LogP contribution is 2.32. The number of phenolic OH excluding ortho intramolecular Hbond substituents is 2. The van der Waals surface area contributed by atoms with Gasteiger partial charge in [-0.1, -0.05) is 6.07 Å². The Morgan fingerprint density at radius 1 is 1.41 bits per heavy atom. The molecule has 0 saturated carbocycles. The Morgan fingerprint density at radius 2 is 2.12 bits per heavy atom. The average Bonchev–Trinajstić information content (AvgIpc) is 2.79. The van der Waals surface area contributed by atoms with Gasteiger partial charge in [-0.25, -0.2) is 0 Å². The standard InChI is InChI=1S/C13H19NO3/c1-9(14-8-10-4-3-7-17-10)13-11(15)5-2-6-12(13)16/h2,5-6,9-10,14-16H,3-4,7-8H2,1H3. The molecule has 3 N–H and O–H groups in total. The van der Waals surface area contributed by atoms with Crippen LogP contribution in [0, 0.1) is 0 Å². The van der Waals surface area contributed by atoms with Gasteiger partial charge in [-0.15, -0.1) is 0 Å². The number of phenols is 2. The molecule has 1 heterocycles. The summed E-state index contributed by atoms with van der Waals surface area (Å²) in [6.07, 6.45) is 2.44. The Bertz CT molecular complexity index is 355. The van der Waals surface area contributed by atoms with Gasteiger partial charge in [0.05, 0.1) is 11.7 Å². The SMILES string of the molecule is CC(NCC1CCCO1)c1c(O)cccc1O. The topological polar surface area (TPSA) is 61.7 Å². The first-order chi connectivity index (χ1) is 8.18. The minimum atomic E-state index is -0.0969. The van der Waals surface area contributed by atoms with Gasteiger partial charge in [0, 0.05) is 19.2 Å². The van der Waals surface area contributed by atoms with E-state index in [4.69, 9.17) is 4.74 Å². The quantitative estimate of drug-likeness (QED) is 0.748. The molecule has 0 amide bonds. The summed E-state index contributed by atoms with van der Waals surface area (Å²) >= 11 is 0. The van der Waals surface area contributed by atoms with Crippen LogP contribution >= 0.6 is 0 Å². The summed E-state index contributed by atoms with van der Waals surface area (Å²) in [5, 5.41) is 22.7. The Kier molecular flexibility index (Phi) is 3.86. The second kappa shape index (κ2) is 5.38. The predicted molar refractivity (Wildman–Crippen MR) is 65.2 cm³/mol. The van der Waals surface area contributed by atoms with Crippen LogP contribution in [0.3, 0.4) is 0 Å². The smallest absolute Gasteiger partial charge is 0.124 e. The third-order valence-corrected chi connectivity index (χ3v) is 3.17. The molecule has 94 valence electrons. The van der Waals surface area contributed by atoms with Gasteiger partial charge in [0.2, 0.25) is 0 Å². The lowest BCUT2D eigenvalue weighted by Crippen LogP contribution is -2.28. The van der Waals surface area contributed by atoms with Crippen LogP contribution in [0.5, 0.6) is 11.5 Å². The highest BCUT2D eigenvalue weighted by Gasteiger charge is 2.19. The highest BCUT2D eigenvalue weighted by atomic mass is 16.5. The molecule has 0 radical (unpaired) electrons. The Hall–Kier alpha value is -1.26. The molecule has 1 aromatic rings. The zero-order valence-electron chi connectivity index (χ0n) is 10.0. The molecule has 2 rings (SSSR count). The second-order valence-corrected chi connectivity index (χ2v) is 4.47. The predicted octanol–water partition coefficient (Wildman–Crippen LogP) is 1.93. The fourth-order valence-electron chi connectivity index (χ4n) is 2.20. The minimum absolute atomic E-state index is 0.0969. The average molecular weight is 237 g/mol. The van der Waals surface area contributed by atoms with Crippen LogP contribution in [0.1, 0.15) is 31.4 Å². The van der Waals surface area contributed by atoms with Crippen molar-refractivity contribution in [1.82, 2.24) is 5.32 Å². The Morgan fingerprint density at radius 3 is 2.71 bits per heavy atom. The summed E-state index contributed by atoms with van der Waals surface area (Å²) in [7, 11) is 0. The molecule has 4 nitrogen and oxygen atoms in total. The van der Waals surface area contributed by atoms with Crippen molar-refractivity contribution in [1.29, 1.82) is 0 Å². The van der Waals surface area contributed by atoms with Crippen molar-refractivity contribution in [3.8, 4) is 11.5 Å². The maximum atomic E-state index is 9.72. The fraction of sp³-hybridized carbons (Fsp3) is 0.538. The van der Waals surface area contributed by atoms with Crippen molar-refractivity contribution in [3.63, 3.8) is 0 Å². The van der Waals surface area contributed by atoms with Gasteiger partial charge < -0.3 is 20.3 Å². The van der Waals surface area contributed by atoms with Gasteiger partial charge in [-0.2, -0.15) is 0 Å². The number of rotatable bonds is 4. The molecule has 4 heteroatoms. The molecule has 1 aromatic carbocycles. The van der Waals surface area contributed by atoms with Crippen molar-refractivity contribution >= 4 is 0 Å². The molecule has 1 aliphatic heterocycles. The van der Waals surface area contributed by atoms with Gasteiger partial charge in [-0.05, 0) is 31.9 Å². The summed E-state index contributed by atoms with van der Waals surface area (Å²) < 4.78 is 5.51. The Balaban J connectivity index is 1.96. The minimum Gasteiger partial charge on any atom is -0.507 e. The van der Waals surface area contributed by atoms with Crippen molar-refractivity contribution < 1.29 is 14.9 Å². The van der Waals surface area contributed by atoms with E-state index >= 15 is 0 Å². The van der Waals surface area contributed by atoms with Crippen LogP contribution < -0.4 is 5.32 Å². The molecular weight excluding hydrogens is 218 g/mol. The number of nitrogens with one attached hydrogen (secondary N) is 1. The van der Waals surface area contributed by atoms with Crippen molar-refractivity contribution in [3.05, 3.63) is 23.8 Å². The first-order valence-electron chi connectivity index (χ1n) is 6.04. The van der Waals surface area contributed by atoms with E-state index in [2.05, 4.69) is 5.32 Å². The van der Waals surface area contributed by atoms with Crippen LogP contribution in [0.2, 0.25) is 0 Å². The lowest BCUT2D eigenvalue weighted by molar-refractivity contribution is 0.108. The molecule has 0 spiro atoms. The van der Waals surface area contributed by atoms with Gasteiger partial charge in [0.25, 0.3) is 0 Å². The molecule has 1 saturated heterocycles. The number of hydrogen-bond acceptors (Lipinski definition) is 4. The fourth-order valence-corrected chi connectivity index (χ4v) is 2.20. The summed E-state index contributed by atoms with van der Waals surface area (Å²) in [6.45, 7) is 3.50. The van der Waals surface area contributed by atoms with E-state index in [1.165, 1.54) is 0 Å². The molecule has 17 heavy (non-hydrogen) atoms. The van der Waals surface area contributed by atoms with Crippen LogP contribution in [-0.2, 0) is 4.74 Å². The Labute approximate surface area is 101 Å². The number of aromatic hydroxyl groups is 2. The summed E-state index contributed by atoms with van der Waals surface area (Å²) in [6, 6.07) is 4.69. The van der Waals surface area contributed by atoms with E-state index in [0.29, 0.717) is 5.56 Å². The molecule has 2 atom stereocenters. The zero-order valence-corrected chi connectivity index (χ0v) is 10.0. The van der Waals surface area contributed by atoms with E-state index in [1.807, 2.05) is 6.92 Å². The third-order valence-electron chi connectivity index (χ3n) is 3.17. The first-order valence-corrected chi connectivity index (χ1v) is 6.04. The zero-order chi connectivity index (χ0) is 12.3. The van der Waals surface area contributed by atoms with Crippen molar-refractivity contribution in [2.24, 2.45) is 0 Å². The van der Waals surface area contributed by atoms with Crippen LogP contribution in [0.25, 0.3) is 0 Å². The van der Waals surface area contributed by atoms with Gasteiger partial charge in [0.15, 0.2) is 0 Å². The maximum Gasteiger partial charge on any atom is 0.124 e. The number of hydrogen-bond donors (Lipinski definition) is 3. The van der Waals surface area contributed by atoms with E-state index in [-0.39, 0.29) is 23.6 Å². The first kappa shape index (κ1) is 12.2. The highest BCUT2D eigenvalue weighted by molar-refractivity contribution is 5.44. The lowest BCUT2D eigenvalue weighted by atomic mass is 10.1. The molecule has 2 unspecified atom stereocenters. The van der Waals surface area contributed by atoms with E-state index < -0.39 is 0 Å². The lowest BCUT2D eigenvalue weighted by Gasteiger charge is -2.19. The molecule has 0 aliphatic carbocycles. The molecule has 1 aliphatic rings. The largest absolute Gasteiger partial charge is 0.507 e. The maximum absolute atomic E-state index is 9.72. The van der Waals surface area contributed by atoms with E-state index in [0.717, 1.165) is 26.0 Å².